The first-order valence-corrected chi connectivity index (χ1v) is 21.1. The Balaban J connectivity index is -0.000000915. The summed E-state index contributed by atoms with van der Waals surface area (Å²) in [6, 6.07) is 5.86. The van der Waals surface area contributed by atoms with Gasteiger partial charge in [0.15, 0.2) is 0 Å². The van der Waals surface area contributed by atoms with Crippen molar-refractivity contribution in [1.29, 1.82) is 0 Å². The van der Waals surface area contributed by atoms with Gasteiger partial charge in [-0.15, -0.1) is 0 Å². The van der Waals surface area contributed by atoms with Gasteiger partial charge in [-0.2, -0.15) is 0 Å². The summed E-state index contributed by atoms with van der Waals surface area (Å²) >= 11 is 0. The molecule has 1 N–H and O–H groups in total. The molecule has 50 heavy (non-hydrogen) atoms. The maximum Gasteiger partial charge on any atom is 0.123 e. The minimum atomic E-state index is 0.137. The predicted molar refractivity (Wildman–Crippen MR) is 227 cm³/mol. The number of benzene rings is 1. The molecule has 0 spiro atoms. The molecule has 0 atom stereocenters. The van der Waals surface area contributed by atoms with E-state index in [9.17, 15) is 0 Å². The van der Waals surface area contributed by atoms with Crippen LogP contribution in [0.4, 0.5) is 0 Å². The zero-order valence-electron chi connectivity index (χ0n) is 34.8. The van der Waals surface area contributed by atoms with E-state index >= 15 is 0 Å². The second kappa shape index (κ2) is 48.9. The van der Waals surface area contributed by atoms with Crippen molar-refractivity contribution in [2.45, 2.75) is 196 Å². The Morgan fingerprint density at radius 1 is 0.480 bits per heavy atom. The first-order chi connectivity index (χ1) is 24.5. The molecule has 0 bridgehead atoms. The van der Waals surface area contributed by atoms with Gasteiger partial charge in [-0.1, -0.05) is 174 Å². The van der Waals surface area contributed by atoms with Crippen molar-refractivity contribution in [2.24, 2.45) is 0 Å². The SMILES string of the molecule is CCC.CCC.CCCC/C=C\C/C=C\CCCCC.CCCCC/C=C\C/C=C\CCCCCCCCOc1cc(CCO)cc(OC)c1. The molecule has 0 aromatic heterocycles. The lowest BCUT2D eigenvalue weighted by Crippen LogP contribution is -2.00. The van der Waals surface area contributed by atoms with Crippen LogP contribution in [0.3, 0.4) is 0 Å². The lowest BCUT2D eigenvalue weighted by Gasteiger charge is -2.10. The maximum atomic E-state index is 9.12. The average molecular weight is 699 g/mol. The summed E-state index contributed by atoms with van der Waals surface area (Å²) in [5.41, 5.74) is 1.05. The Morgan fingerprint density at radius 2 is 0.880 bits per heavy atom. The summed E-state index contributed by atoms with van der Waals surface area (Å²) in [5.74, 6) is 1.62. The molecular formula is C47H86O3. The molecule has 0 fully saturated rings. The van der Waals surface area contributed by atoms with Crippen molar-refractivity contribution >= 4 is 0 Å². The van der Waals surface area contributed by atoms with E-state index in [0.717, 1.165) is 42.9 Å². The highest BCUT2D eigenvalue weighted by atomic mass is 16.5. The molecule has 0 radical (unpaired) electrons. The van der Waals surface area contributed by atoms with Crippen LogP contribution in [0.15, 0.2) is 66.8 Å². The maximum absolute atomic E-state index is 9.12. The highest BCUT2D eigenvalue weighted by Crippen LogP contribution is 2.23. The van der Waals surface area contributed by atoms with Crippen molar-refractivity contribution in [3.63, 3.8) is 0 Å². The van der Waals surface area contributed by atoms with Crippen LogP contribution in [0.1, 0.15) is 195 Å². The van der Waals surface area contributed by atoms with Crippen LogP contribution in [0, 0.1) is 0 Å². The summed E-state index contributed by atoms with van der Waals surface area (Å²) in [5, 5.41) is 9.12. The number of unbranched alkanes of at least 4 members (excludes halogenated alkanes) is 14. The van der Waals surface area contributed by atoms with Crippen LogP contribution in [-0.2, 0) is 6.42 Å². The fourth-order valence-electron chi connectivity index (χ4n) is 4.73. The number of aliphatic hydroxyl groups excluding tert-OH is 1. The molecule has 1 aromatic rings. The van der Waals surface area contributed by atoms with E-state index < -0.39 is 0 Å². The number of aliphatic hydroxyl groups is 1. The van der Waals surface area contributed by atoms with Gasteiger partial charge in [0.05, 0.1) is 13.7 Å². The lowest BCUT2D eigenvalue weighted by atomic mass is 10.1. The van der Waals surface area contributed by atoms with E-state index in [1.54, 1.807) is 7.11 Å². The summed E-state index contributed by atoms with van der Waals surface area (Å²) in [6.07, 6.45) is 46.9. The van der Waals surface area contributed by atoms with E-state index in [2.05, 4.69) is 97.1 Å². The number of hydrogen-bond acceptors (Lipinski definition) is 3. The first kappa shape index (κ1) is 52.1. The van der Waals surface area contributed by atoms with Gasteiger partial charge in [-0.3, -0.25) is 0 Å². The van der Waals surface area contributed by atoms with Crippen molar-refractivity contribution in [3.05, 3.63) is 72.4 Å². The highest BCUT2D eigenvalue weighted by molar-refractivity contribution is 5.38. The van der Waals surface area contributed by atoms with Gasteiger partial charge < -0.3 is 14.6 Å². The second-order valence-corrected chi connectivity index (χ2v) is 13.2. The van der Waals surface area contributed by atoms with Gasteiger partial charge in [0, 0.05) is 12.7 Å². The molecule has 1 aromatic carbocycles. The van der Waals surface area contributed by atoms with E-state index in [1.807, 2.05) is 18.2 Å². The van der Waals surface area contributed by atoms with Gasteiger partial charge in [0.2, 0.25) is 0 Å². The molecule has 0 aliphatic rings. The summed E-state index contributed by atoms with van der Waals surface area (Å²) < 4.78 is 11.2. The van der Waals surface area contributed by atoms with Gasteiger partial charge in [-0.05, 0) is 88.3 Å². The molecule has 3 heteroatoms. The summed E-state index contributed by atoms with van der Waals surface area (Å²) in [6.45, 7) is 16.1. The van der Waals surface area contributed by atoms with Gasteiger partial charge >= 0.3 is 0 Å². The molecular weight excluding hydrogens is 613 g/mol. The number of methoxy groups -OCH3 is 1. The Labute approximate surface area is 314 Å². The van der Waals surface area contributed by atoms with Crippen LogP contribution in [0.25, 0.3) is 0 Å². The largest absolute Gasteiger partial charge is 0.497 e. The van der Waals surface area contributed by atoms with E-state index in [0.29, 0.717) is 6.42 Å². The summed E-state index contributed by atoms with van der Waals surface area (Å²) in [7, 11) is 1.66. The number of hydrogen-bond donors (Lipinski definition) is 1. The Kier molecular flexibility index (Phi) is 50.9. The molecule has 292 valence electrons. The van der Waals surface area contributed by atoms with Gasteiger partial charge in [-0.25, -0.2) is 0 Å². The Hall–Kier alpha value is -2.26. The van der Waals surface area contributed by atoms with E-state index in [-0.39, 0.29) is 6.61 Å². The molecule has 0 heterocycles. The highest BCUT2D eigenvalue weighted by Gasteiger charge is 2.03. The van der Waals surface area contributed by atoms with Crippen LogP contribution < -0.4 is 9.47 Å². The first-order valence-electron chi connectivity index (χ1n) is 21.1. The zero-order valence-corrected chi connectivity index (χ0v) is 34.8. The van der Waals surface area contributed by atoms with Crippen molar-refractivity contribution in [3.8, 4) is 11.5 Å². The fourth-order valence-corrected chi connectivity index (χ4v) is 4.73. The van der Waals surface area contributed by atoms with Crippen molar-refractivity contribution < 1.29 is 14.6 Å². The normalized spacial score (nSPS) is 11.0. The number of ether oxygens (including phenoxy) is 2. The van der Waals surface area contributed by atoms with Crippen LogP contribution in [0.2, 0.25) is 0 Å². The van der Waals surface area contributed by atoms with Gasteiger partial charge in [0.25, 0.3) is 0 Å². The quantitative estimate of drug-likeness (QED) is 0.0699. The minimum absolute atomic E-state index is 0.137. The minimum Gasteiger partial charge on any atom is -0.497 e. The van der Waals surface area contributed by atoms with Gasteiger partial charge in [0.1, 0.15) is 11.5 Å². The van der Waals surface area contributed by atoms with E-state index in [4.69, 9.17) is 14.6 Å². The molecule has 0 saturated heterocycles. The van der Waals surface area contributed by atoms with Crippen LogP contribution >= 0.6 is 0 Å². The van der Waals surface area contributed by atoms with Crippen LogP contribution in [-0.4, -0.2) is 25.4 Å². The predicted octanol–water partition coefficient (Wildman–Crippen LogP) is 15.5. The van der Waals surface area contributed by atoms with Crippen molar-refractivity contribution in [1.82, 2.24) is 0 Å². The molecule has 3 nitrogen and oxygen atoms in total. The second-order valence-electron chi connectivity index (χ2n) is 13.2. The average Bonchev–Trinajstić information content (AvgIpc) is 3.11. The fraction of sp³-hybridized carbons (Fsp3) is 0.702. The van der Waals surface area contributed by atoms with E-state index in [1.165, 1.54) is 122 Å². The Morgan fingerprint density at radius 3 is 1.32 bits per heavy atom. The third-order valence-electron chi connectivity index (χ3n) is 7.49. The Bertz CT molecular complexity index is 865. The molecule has 1 rings (SSSR count). The zero-order chi connectivity index (χ0) is 37.6. The topological polar surface area (TPSA) is 38.7 Å². The molecule has 0 saturated carbocycles. The summed E-state index contributed by atoms with van der Waals surface area (Å²) in [4.78, 5) is 0. The lowest BCUT2D eigenvalue weighted by molar-refractivity contribution is 0.295. The number of rotatable bonds is 28. The molecule has 0 amide bonds. The molecule has 0 unspecified atom stereocenters. The van der Waals surface area contributed by atoms with Crippen molar-refractivity contribution in [2.75, 3.05) is 20.3 Å². The standard InChI is InChI=1S/C27H44O3.C14H26.2C3H8/c1-3-4-5-6-7-8-9-10-11-12-13-14-15-16-17-18-21-30-27-23-25(19-20-28)22-26(24-27)29-2;1-3-5-7-9-11-13-14-12-10-8-6-4-2;2*1-3-2/h7-8,10-11,22-24,28H,3-6,9,12-21H2,1-2H3;9,11-12,14H,3-8,10,13H2,1-2H3;2*3H2,1-2H3/b8-7-,11-10-;11-9-,14-12-;;. The monoisotopic (exact) mass is 699 g/mol. The third kappa shape index (κ3) is 45.7. The van der Waals surface area contributed by atoms with Crippen LogP contribution in [0.5, 0.6) is 11.5 Å². The molecule has 0 aliphatic carbocycles. The number of allylic oxidation sites excluding steroid dienone is 8. The third-order valence-corrected chi connectivity index (χ3v) is 7.49. The smallest absolute Gasteiger partial charge is 0.123 e. The molecule has 0 aliphatic heterocycles.